The second kappa shape index (κ2) is 7.88. The number of alkyl halides is 3. The van der Waals surface area contributed by atoms with Gasteiger partial charge in [0.15, 0.2) is 0 Å². The summed E-state index contributed by atoms with van der Waals surface area (Å²) in [6.07, 6.45) is -3.51. The van der Waals surface area contributed by atoms with E-state index in [4.69, 9.17) is 11.6 Å². The topological polar surface area (TPSA) is 44.4 Å². The standard InChI is InChI=1S/C15H19ClF3N3O/c16-12-3-1-2-4-13(12)20-8-14(23)21-7-11-5-6-22(9-11)10-15(17,18)19/h1-4,11,20H,5-10H2,(H,21,23)/t11-/m1/s1. The summed E-state index contributed by atoms with van der Waals surface area (Å²) >= 11 is 5.97. The third-order valence-electron chi connectivity index (χ3n) is 3.67. The molecular formula is C15H19ClF3N3O. The second-order valence-corrected chi connectivity index (χ2v) is 6.05. The molecule has 4 nitrogen and oxygen atoms in total. The van der Waals surface area contributed by atoms with Crippen LogP contribution in [0.15, 0.2) is 24.3 Å². The van der Waals surface area contributed by atoms with Crippen LogP contribution in [0.4, 0.5) is 18.9 Å². The van der Waals surface area contributed by atoms with Crippen molar-refractivity contribution in [3.05, 3.63) is 29.3 Å². The summed E-state index contributed by atoms with van der Waals surface area (Å²) in [6, 6.07) is 7.08. The molecule has 1 aliphatic heterocycles. The van der Waals surface area contributed by atoms with Gasteiger partial charge < -0.3 is 10.6 Å². The van der Waals surface area contributed by atoms with Crippen LogP contribution in [0.3, 0.4) is 0 Å². The van der Waals surface area contributed by atoms with Gasteiger partial charge in [-0.3, -0.25) is 9.69 Å². The number of likely N-dealkylation sites (tertiary alicyclic amines) is 1. The van der Waals surface area contributed by atoms with Crippen molar-refractivity contribution in [1.29, 1.82) is 0 Å². The molecule has 0 saturated carbocycles. The van der Waals surface area contributed by atoms with Gasteiger partial charge in [-0.25, -0.2) is 0 Å². The van der Waals surface area contributed by atoms with Crippen LogP contribution in [0.2, 0.25) is 5.02 Å². The van der Waals surface area contributed by atoms with E-state index >= 15 is 0 Å². The van der Waals surface area contributed by atoms with Gasteiger partial charge in [0.2, 0.25) is 5.91 Å². The van der Waals surface area contributed by atoms with Gasteiger partial charge in [0.05, 0.1) is 23.8 Å². The summed E-state index contributed by atoms with van der Waals surface area (Å²) < 4.78 is 36.9. The predicted octanol–water partition coefficient (Wildman–Crippen LogP) is 2.75. The number of hydrogen-bond acceptors (Lipinski definition) is 3. The van der Waals surface area contributed by atoms with Gasteiger partial charge in [0, 0.05) is 13.1 Å². The minimum atomic E-state index is -4.17. The Kier molecular flexibility index (Phi) is 6.12. The number of nitrogens with one attached hydrogen (secondary N) is 2. The van der Waals surface area contributed by atoms with Crippen molar-refractivity contribution in [1.82, 2.24) is 10.2 Å². The minimum absolute atomic E-state index is 0.0570. The lowest BCUT2D eigenvalue weighted by molar-refractivity contribution is -0.143. The molecule has 1 aromatic carbocycles. The smallest absolute Gasteiger partial charge is 0.375 e. The van der Waals surface area contributed by atoms with Gasteiger partial charge in [-0.15, -0.1) is 0 Å². The molecule has 2 rings (SSSR count). The van der Waals surface area contributed by atoms with Crippen LogP contribution < -0.4 is 10.6 Å². The van der Waals surface area contributed by atoms with Crippen LogP contribution >= 0.6 is 11.6 Å². The Bertz CT molecular complexity index is 539. The predicted molar refractivity (Wildman–Crippen MR) is 83.6 cm³/mol. The number of amides is 1. The maximum absolute atomic E-state index is 12.3. The molecule has 2 N–H and O–H groups in total. The van der Waals surface area contributed by atoms with Crippen molar-refractivity contribution in [2.75, 3.05) is 38.0 Å². The average molecular weight is 350 g/mol. The van der Waals surface area contributed by atoms with E-state index in [-0.39, 0.29) is 18.4 Å². The Hall–Kier alpha value is -1.47. The van der Waals surface area contributed by atoms with E-state index < -0.39 is 12.7 Å². The molecular weight excluding hydrogens is 331 g/mol. The van der Waals surface area contributed by atoms with Gasteiger partial charge in [0.1, 0.15) is 0 Å². The Morgan fingerprint density at radius 3 is 2.78 bits per heavy atom. The van der Waals surface area contributed by atoms with E-state index in [1.54, 1.807) is 24.3 Å². The van der Waals surface area contributed by atoms with E-state index in [9.17, 15) is 18.0 Å². The van der Waals surface area contributed by atoms with Crippen LogP contribution in [0, 0.1) is 5.92 Å². The first kappa shape index (κ1) is 17.9. The zero-order chi connectivity index (χ0) is 16.9. The van der Waals surface area contributed by atoms with Crippen LogP contribution in [0.25, 0.3) is 0 Å². The van der Waals surface area contributed by atoms with Gasteiger partial charge in [0.25, 0.3) is 0 Å². The Morgan fingerprint density at radius 1 is 1.35 bits per heavy atom. The number of carbonyl (C=O) groups excluding carboxylic acids is 1. The molecule has 1 aliphatic rings. The molecule has 0 aromatic heterocycles. The summed E-state index contributed by atoms with van der Waals surface area (Å²) in [6.45, 7) is 0.348. The highest BCUT2D eigenvalue weighted by Gasteiger charge is 2.34. The summed E-state index contributed by atoms with van der Waals surface area (Å²) in [5.41, 5.74) is 0.668. The first-order chi connectivity index (χ1) is 10.8. The lowest BCUT2D eigenvalue weighted by atomic mass is 10.1. The number of carbonyl (C=O) groups is 1. The molecule has 0 radical (unpaired) electrons. The van der Waals surface area contributed by atoms with Gasteiger partial charge in [-0.05, 0) is 31.0 Å². The molecule has 1 atom stereocenters. The molecule has 1 amide bonds. The van der Waals surface area contributed by atoms with Crippen molar-refractivity contribution in [2.24, 2.45) is 5.92 Å². The average Bonchev–Trinajstić information content (AvgIpc) is 2.89. The Labute approximate surface area is 138 Å². The number of benzene rings is 1. The van der Waals surface area contributed by atoms with Crippen molar-refractivity contribution < 1.29 is 18.0 Å². The Balaban J connectivity index is 1.66. The molecule has 0 unspecified atom stereocenters. The molecule has 1 saturated heterocycles. The highest BCUT2D eigenvalue weighted by Crippen LogP contribution is 2.22. The summed E-state index contributed by atoms with van der Waals surface area (Å²) in [5.74, 6) is -0.152. The quantitative estimate of drug-likeness (QED) is 0.830. The van der Waals surface area contributed by atoms with Crippen molar-refractivity contribution in [3.8, 4) is 0 Å². The lowest BCUT2D eigenvalue weighted by Crippen LogP contribution is -2.36. The van der Waals surface area contributed by atoms with E-state index in [1.165, 1.54) is 4.90 Å². The molecule has 1 heterocycles. The van der Waals surface area contributed by atoms with Crippen LogP contribution in [-0.2, 0) is 4.79 Å². The molecule has 23 heavy (non-hydrogen) atoms. The maximum atomic E-state index is 12.3. The van der Waals surface area contributed by atoms with Crippen molar-refractivity contribution >= 4 is 23.2 Å². The third kappa shape index (κ3) is 6.27. The summed E-state index contributed by atoms with van der Waals surface area (Å²) in [5, 5.41) is 6.20. The number of anilines is 1. The first-order valence-electron chi connectivity index (χ1n) is 7.38. The monoisotopic (exact) mass is 349 g/mol. The number of halogens is 4. The largest absolute Gasteiger partial charge is 0.401 e. The van der Waals surface area contributed by atoms with E-state index in [0.29, 0.717) is 36.8 Å². The van der Waals surface area contributed by atoms with Crippen LogP contribution in [0.5, 0.6) is 0 Å². The zero-order valence-electron chi connectivity index (χ0n) is 12.5. The highest BCUT2D eigenvalue weighted by atomic mass is 35.5. The fourth-order valence-electron chi connectivity index (χ4n) is 2.58. The second-order valence-electron chi connectivity index (χ2n) is 5.64. The summed E-state index contributed by atoms with van der Waals surface area (Å²) in [7, 11) is 0. The zero-order valence-corrected chi connectivity index (χ0v) is 13.3. The number of nitrogens with zero attached hydrogens (tertiary/aromatic N) is 1. The highest BCUT2D eigenvalue weighted by molar-refractivity contribution is 6.33. The Morgan fingerprint density at radius 2 is 2.09 bits per heavy atom. The molecule has 1 aromatic rings. The fraction of sp³-hybridized carbons (Fsp3) is 0.533. The number of rotatable bonds is 6. The van der Waals surface area contributed by atoms with Crippen LogP contribution in [-0.4, -0.2) is 49.7 Å². The number of para-hydroxylation sites is 1. The van der Waals surface area contributed by atoms with Gasteiger partial charge in [-0.2, -0.15) is 13.2 Å². The summed E-state index contributed by atoms with van der Waals surface area (Å²) in [4.78, 5) is 13.2. The van der Waals surface area contributed by atoms with Gasteiger partial charge in [-0.1, -0.05) is 23.7 Å². The van der Waals surface area contributed by atoms with Crippen molar-refractivity contribution in [2.45, 2.75) is 12.6 Å². The van der Waals surface area contributed by atoms with Crippen LogP contribution in [0.1, 0.15) is 6.42 Å². The molecule has 0 spiro atoms. The molecule has 8 heteroatoms. The number of hydrogen-bond donors (Lipinski definition) is 2. The molecule has 0 aliphatic carbocycles. The van der Waals surface area contributed by atoms with E-state index in [0.717, 1.165) is 0 Å². The van der Waals surface area contributed by atoms with E-state index in [1.807, 2.05) is 0 Å². The molecule has 128 valence electrons. The lowest BCUT2D eigenvalue weighted by Gasteiger charge is -2.18. The van der Waals surface area contributed by atoms with E-state index in [2.05, 4.69) is 10.6 Å². The minimum Gasteiger partial charge on any atom is -0.375 e. The third-order valence-corrected chi connectivity index (χ3v) is 4.00. The first-order valence-corrected chi connectivity index (χ1v) is 7.75. The fourth-order valence-corrected chi connectivity index (χ4v) is 2.78. The molecule has 0 bridgehead atoms. The maximum Gasteiger partial charge on any atom is 0.401 e. The SMILES string of the molecule is O=C(CNc1ccccc1Cl)NC[C@H]1CCN(CC(F)(F)F)C1. The van der Waals surface area contributed by atoms with Crippen molar-refractivity contribution in [3.63, 3.8) is 0 Å². The van der Waals surface area contributed by atoms with Gasteiger partial charge >= 0.3 is 6.18 Å². The normalized spacial score (nSPS) is 18.9. The molecule has 1 fully saturated rings.